The van der Waals surface area contributed by atoms with Gasteiger partial charge >= 0.3 is 5.97 Å². The molecule has 0 aromatic carbocycles. The van der Waals surface area contributed by atoms with Gasteiger partial charge in [0.1, 0.15) is 5.56 Å². The van der Waals surface area contributed by atoms with E-state index in [-0.39, 0.29) is 14.2 Å². The lowest BCUT2D eigenvalue weighted by Crippen LogP contribution is -2.01. The van der Waals surface area contributed by atoms with Gasteiger partial charge in [-0.15, -0.1) is 0 Å². The van der Waals surface area contributed by atoms with E-state index in [0.717, 1.165) is 0 Å². The molecule has 1 heterocycles. The van der Waals surface area contributed by atoms with Crippen LogP contribution in [0.5, 0.6) is 5.88 Å². The van der Waals surface area contributed by atoms with Crippen molar-refractivity contribution in [1.82, 2.24) is 4.98 Å². The number of aromatic carboxylic acids is 1. The minimum absolute atomic E-state index is 0.214. The lowest BCUT2D eigenvalue weighted by atomic mass is 10.3. The Bertz CT molecular complexity index is 342. The summed E-state index contributed by atoms with van der Waals surface area (Å²) in [6.07, 6.45) is 1.20. The van der Waals surface area contributed by atoms with E-state index < -0.39 is 11.8 Å². The molecule has 0 saturated heterocycles. The SMILES string of the molecule is O=C(O)c1c(O)ncc(Cl)c1I. The Balaban J connectivity index is 3.43. The smallest absolute Gasteiger partial charge is 0.342 e. The molecular formula is C6H3ClINO3. The van der Waals surface area contributed by atoms with E-state index in [4.69, 9.17) is 21.8 Å². The zero-order valence-electron chi connectivity index (χ0n) is 5.58. The second kappa shape index (κ2) is 3.44. The molecule has 0 atom stereocenters. The quantitative estimate of drug-likeness (QED) is 0.775. The summed E-state index contributed by atoms with van der Waals surface area (Å²) in [6, 6.07) is 0. The molecular weight excluding hydrogens is 296 g/mol. The Morgan fingerprint density at radius 1 is 1.67 bits per heavy atom. The minimum atomic E-state index is -1.24. The summed E-state index contributed by atoms with van der Waals surface area (Å²) < 4.78 is 0.286. The van der Waals surface area contributed by atoms with Crippen LogP contribution in [0.25, 0.3) is 0 Å². The van der Waals surface area contributed by atoms with Gasteiger partial charge in [0.15, 0.2) is 0 Å². The second-order valence-electron chi connectivity index (χ2n) is 1.92. The van der Waals surface area contributed by atoms with Crippen molar-refractivity contribution in [3.05, 3.63) is 20.4 Å². The lowest BCUT2D eigenvalue weighted by molar-refractivity contribution is 0.0691. The van der Waals surface area contributed by atoms with Crippen LogP contribution in [0, 0.1) is 3.57 Å². The average Bonchev–Trinajstić information content (AvgIpc) is 1.97. The van der Waals surface area contributed by atoms with Crippen molar-refractivity contribution < 1.29 is 15.0 Å². The Labute approximate surface area is 86.3 Å². The van der Waals surface area contributed by atoms with Gasteiger partial charge in [-0.3, -0.25) is 0 Å². The number of rotatable bonds is 1. The summed E-state index contributed by atoms with van der Waals surface area (Å²) in [7, 11) is 0. The summed E-state index contributed by atoms with van der Waals surface area (Å²) in [5.41, 5.74) is -0.261. The molecule has 4 nitrogen and oxygen atoms in total. The number of hydrogen-bond donors (Lipinski definition) is 2. The topological polar surface area (TPSA) is 70.4 Å². The molecule has 1 aromatic rings. The molecule has 0 aliphatic heterocycles. The average molecular weight is 299 g/mol. The zero-order valence-corrected chi connectivity index (χ0v) is 8.50. The van der Waals surface area contributed by atoms with Gasteiger partial charge in [0.05, 0.1) is 14.8 Å². The van der Waals surface area contributed by atoms with Gasteiger partial charge in [0.2, 0.25) is 5.88 Å². The van der Waals surface area contributed by atoms with Crippen molar-refractivity contribution >= 4 is 40.2 Å². The first-order valence-corrected chi connectivity index (χ1v) is 4.26. The Hall–Kier alpha value is -0.560. The Morgan fingerprint density at radius 2 is 2.25 bits per heavy atom. The van der Waals surface area contributed by atoms with Gasteiger partial charge in [0, 0.05) is 0 Å². The molecule has 0 spiro atoms. The fourth-order valence-corrected chi connectivity index (χ4v) is 1.40. The predicted octanol–water partition coefficient (Wildman–Crippen LogP) is 1.74. The number of carbonyl (C=O) groups is 1. The standard InChI is InChI=1S/C6H3ClINO3/c7-2-1-9-5(10)3(4(2)8)6(11)12/h1H,(H,9,10)(H,11,12). The molecule has 0 amide bonds. The number of aromatic nitrogens is 1. The van der Waals surface area contributed by atoms with Gasteiger partial charge in [-0.05, 0) is 22.6 Å². The molecule has 0 aliphatic carbocycles. The fourth-order valence-electron chi connectivity index (χ4n) is 0.646. The maximum absolute atomic E-state index is 10.5. The number of carboxylic acid groups (broad SMARTS) is 1. The molecule has 12 heavy (non-hydrogen) atoms. The Kier molecular flexibility index (Phi) is 2.73. The van der Waals surface area contributed by atoms with Crippen LogP contribution in [0.4, 0.5) is 0 Å². The van der Waals surface area contributed by atoms with Crippen molar-refractivity contribution in [3.8, 4) is 5.88 Å². The maximum Gasteiger partial charge on any atom is 0.342 e. The van der Waals surface area contributed by atoms with Crippen molar-refractivity contribution in [3.63, 3.8) is 0 Å². The summed E-state index contributed by atoms with van der Waals surface area (Å²) in [4.78, 5) is 13.9. The molecule has 1 rings (SSSR count). The van der Waals surface area contributed by atoms with Gasteiger partial charge in [0.25, 0.3) is 0 Å². The molecule has 0 fully saturated rings. The number of halogens is 2. The van der Waals surface area contributed by atoms with Crippen molar-refractivity contribution in [2.75, 3.05) is 0 Å². The van der Waals surface area contributed by atoms with E-state index in [1.807, 2.05) is 0 Å². The van der Waals surface area contributed by atoms with Crippen LogP contribution in [-0.2, 0) is 0 Å². The molecule has 0 bridgehead atoms. The molecule has 0 saturated carbocycles. The lowest BCUT2D eigenvalue weighted by Gasteiger charge is -2.01. The highest BCUT2D eigenvalue weighted by atomic mass is 127. The van der Waals surface area contributed by atoms with Gasteiger partial charge in [-0.25, -0.2) is 9.78 Å². The van der Waals surface area contributed by atoms with E-state index in [1.165, 1.54) is 6.20 Å². The third-order valence-corrected chi connectivity index (χ3v) is 2.89. The predicted molar refractivity (Wildman–Crippen MR) is 50.6 cm³/mol. The number of hydrogen-bond acceptors (Lipinski definition) is 3. The first-order valence-electron chi connectivity index (χ1n) is 2.80. The maximum atomic E-state index is 10.5. The summed E-state index contributed by atoms with van der Waals surface area (Å²) in [6.45, 7) is 0. The van der Waals surface area contributed by atoms with Crippen molar-refractivity contribution in [2.45, 2.75) is 0 Å². The van der Waals surface area contributed by atoms with E-state index in [1.54, 1.807) is 22.6 Å². The number of nitrogens with zero attached hydrogens (tertiary/aromatic N) is 1. The van der Waals surface area contributed by atoms with Crippen LogP contribution in [0.15, 0.2) is 6.20 Å². The highest BCUT2D eigenvalue weighted by Gasteiger charge is 2.17. The van der Waals surface area contributed by atoms with Crippen molar-refractivity contribution in [2.24, 2.45) is 0 Å². The van der Waals surface area contributed by atoms with Crippen LogP contribution in [-0.4, -0.2) is 21.2 Å². The van der Waals surface area contributed by atoms with Gasteiger partial charge < -0.3 is 10.2 Å². The first-order chi connectivity index (χ1) is 5.54. The van der Waals surface area contributed by atoms with Crippen molar-refractivity contribution in [1.29, 1.82) is 0 Å². The van der Waals surface area contributed by atoms with Crippen LogP contribution < -0.4 is 0 Å². The largest absolute Gasteiger partial charge is 0.493 e. The third-order valence-electron chi connectivity index (χ3n) is 1.17. The van der Waals surface area contributed by atoms with E-state index >= 15 is 0 Å². The molecule has 6 heteroatoms. The minimum Gasteiger partial charge on any atom is -0.493 e. The number of pyridine rings is 1. The van der Waals surface area contributed by atoms with E-state index in [9.17, 15) is 4.79 Å². The highest BCUT2D eigenvalue weighted by molar-refractivity contribution is 14.1. The highest BCUT2D eigenvalue weighted by Crippen LogP contribution is 2.26. The molecule has 0 radical (unpaired) electrons. The third kappa shape index (κ3) is 1.61. The summed E-state index contributed by atoms with van der Waals surface area (Å²) >= 11 is 7.32. The molecule has 0 aliphatic rings. The molecule has 2 N–H and O–H groups in total. The van der Waals surface area contributed by atoms with Crippen LogP contribution in [0.2, 0.25) is 5.02 Å². The molecule has 64 valence electrons. The summed E-state index contributed by atoms with van der Waals surface area (Å²) in [5, 5.41) is 17.9. The Morgan fingerprint density at radius 3 is 2.67 bits per heavy atom. The van der Waals surface area contributed by atoms with E-state index in [2.05, 4.69) is 4.98 Å². The monoisotopic (exact) mass is 299 g/mol. The number of carboxylic acids is 1. The van der Waals surface area contributed by atoms with Crippen LogP contribution in [0.3, 0.4) is 0 Å². The van der Waals surface area contributed by atoms with Crippen LogP contribution >= 0.6 is 34.2 Å². The van der Waals surface area contributed by atoms with Gasteiger partial charge in [-0.1, -0.05) is 11.6 Å². The van der Waals surface area contributed by atoms with Gasteiger partial charge in [-0.2, -0.15) is 0 Å². The first kappa shape index (κ1) is 9.53. The molecule has 0 unspecified atom stereocenters. The normalized spacial score (nSPS) is 9.83. The molecule has 1 aromatic heterocycles. The van der Waals surface area contributed by atoms with E-state index in [0.29, 0.717) is 0 Å². The zero-order chi connectivity index (χ0) is 9.30. The summed E-state index contributed by atoms with van der Waals surface area (Å²) in [5.74, 6) is -1.76. The van der Waals surface area contributed by atoms with Crippen LogP contribution in [0.1, 0.15) is 10.4 Å². The second-order valence-corrected chi connectivity index (χ2v) is 3.41. The number of aromatic hydroxyl groups is 1. The fraction of sp³-hybridized carbons (Fsp3) is 0.